The van der Waals surface area contributed by atoms with Crippen molar-refractivity contribution in [2.45, 2.75) is 50.1 Å². The third kappa shape index (κ3) is 0.978. The summed E-state index contributed by atoms with van der Waals surface area (Å²) in [5.41, 5.74) is -2.03. The van der Waals surface area contributed by atoms with Crippen molar-refractivity contribution < 1.29 is 28.5 Å². The van der Waals surface area contributed by atoms with E-state index in [-0.39, 0.29) is 36.4 Å². The molecule has 6 nitrogen and oxygen atoms in total. The fourth-order valence-electron chi connectivity index (χ4n) is 5.30. The molecule has 4 heterocycles. The van der Waals surface area contributed by atoms with Crippen LogP contribution in [-0.4, -0.2) is 50.6 Å². The Morgan fingerprint density at radius 3 is 1.35 bits per heavy atom. The van der Waals surface area contributed by atoms with Gasteiger partial charge in [-0.15, -0.1) is 0 Å². The van der Waals surface area contributed by atoms with Gasteiger partial charge in [-0.1, -0.05) is 0 Å². The summed E-state index contributed by atoms with van der Waals surface area (Å²) in [5.74, 6) is -0.774. The van der Waals surface area contributed by atoms with Gasteiger partial charge in [-0.05, 0) is 25.7 Å². The van der Waals surface area contributed by atoms with E-state index in [0.717, 1.165) is 25.7 Å². The third-order valence-corrected chi connectivity index (χ3v) is 5.80. The van der Waals surface area contributed by atoms with Gasteiger partial charge >= 0.3 is 11.9 Å². The van der Waals surface area contributed by atoms with E-state index in [4.69, 9.17) is 18.9 Å². The molecule has 20 heavy (non-hydrogen) atoms. The fraction of sp³-hybridized carbons (Fsp3) is 0.857. The Hall–Kier alpha value is -1.14. The number of carbonyl (C=O) groups is 2. The molecule has 4 rings (SSSR count). The molecule has 4 saturated heterocycles. The summed E-state index contributed by atoms with van der Waals surface area (Å²) >= 11 is 0. The molecule has 0 saturated carbocycles. The monoisotopic (exact) mass is 282 g/mol. The number of fused-ring (bicyclic) bond motifs is 9. The second-order valence-corrected chi connectivity index (χ2v) is 6.10. The molecule has 0 radical (unpaired) electrons. The molecular formula is C14H18O6. The number of esters is 2. The van der Waals surface area contributed by atoms with Crippen LogP contribution in [0.25, 0.3) is 0 Å². The highest BCUT2D eigenvalue weighted by atomic mass is 16.6. The van der Waals surface area contributed by atoms with Crippen molar-refractivity contribution in [2.24, 2.45) is 10.8 Å². The van der Waals surface area contributed by atoms with E-state index in [1.165, 1.54) is 14.2 Å². The molecule has 4 bridgehead atoms. The maximum atomic E-state index is 12.6. The molecular weight excluding hydrogens is 264 g/mol. The van der Waals surface area contributed by atoms with Crippen LogP contribution in [0.4, 0.5) is 0 Å². The predicted octanol–water partition coefficient (Wildman–Crippen LogP) is 0.428. The maximum Gasteiger partial charge on any atom is 0.318 e. The smallest absolute Gasteiger partial charge is 0.318 e. The van der Waals surface area contributed by atoms with Gasteiger partial charge in [-0.25, -0.2) is 0 Å². The first-order valence-corrected chi connectivity index (χ1v) is 7.11. The molecule has 0 aliphatic carbocycles. The Morgan fingerprint density at radius 2 is 1.10 bits per heavy atom. The Balaban J connectivity index is 1.95. The molecule has 4 fully saturated rings. The number of ether oxygens (including phenoxy) is 4. The van der Waals surface area contributed by atoms with Gasteiger partial charge in [0.25, 0.3) is 0 Å². The first-order chi connectivity index (χ1) is 9.63. The molecule has 0 aromatic carbocycles. The normalized spacial score (nSPS) is 51.1. The van der Waals surface area contributed by atoms with E-state index < -0.39 is 10.8 Å². The minimum absolute atomic E-state index is 0.297. The predicted molar refractivity (Wildman–Crippen MR) is 64.7 cm³/mol. The zero-order valence-electron chi connectivity index (χ0n) is 11.6. The van der Waals surface area contributed by atoms with Crippen LogP contribution in [0.3, 0.4) is 0 Å². The molecule has 4 unspecified atom stereocenters. The van der Waals surface area contributed by atoms with Crippen LogP contribution in [0.5, 0.6) is 0 Å². The average molecular weight is 282 g/mol. The van der Waals surface area contributed by atoms with Crippen LogP contribution in [-0.2, 0) is 28.5 Å². The molecule has 0 aromatic rings. The van der Waals surface area contributed by atoms with E-state index in [1.807, 2.05) is 0 Å². The lowest BCUT2D eigenvalue weighted by Gasteiger charge is -2.46. The SMILES string of the molecule is COC(=O)C12C3CCC(O3)C1(C(=O)OC)C1CCC2O1. The van der Waals surface area contributed by atoms with E-state index in [0.29, 0.717) is 0 Å². The highest BCUT2D eigenvalue weighted by Gasteiger charge is 2.87. The van der Waals surface area contributed by atoms with Crippen LogP contribution in [0.2, 0.25) is 0 Å². The van der Waals surface area contributed by atoms with Gasteiger partial charge in [0, 0.05) is 0 Å². The summed E-state index contributed by atoms with van der Waals surface area (Å²) in [6.07, 6.45) is 1.89. The molecule has 0 spiro atoms. The summed E-state index contributed by atoms with van der Waals surface area (Å²) < 4.78 is 22.1. The average Bonchev–Trinajstić information content (AvgIpc) is 3.21. The Kier molecular flexibility index (Phi) is 2.35. The summed E-state index contributed by atoms with van der Waals surface area (Å²) in [7, 11) is 2.72. The zero-order chi connectivity index (χ0) is 14.1. The third-order valence-electron chi connectivity index (χ3n) is 5.80. The maximum absolute atomic E-state index is 12.6. The van der Waals surface area contributed by atoms with Gasteiger partial charge < -0.3 is 18.9 Å². The molecule has 6 heteroatoms. The highest BCUT2D eigenvalue weighted by Crippen LogP contribution is 2.72. The lowest BCUT2D eigenvalue weighted by molar-refractivity contribution is -0.180. The Labute approximate surface area is 116 Å². The van der Waals surface area contributed by atoms with E-state index in [2.05, 4.69) is 0 Å². The first-order valence-electron chi connectivity index (χ1n) is 7.11. The van der Waals surface area contributed by atoms with Gasteiger partial charge in [0.05, 0.1) is 38.6 Å². The van der Waals surface area contributed by atoms with Crippen LogP contribution in [0, 0.1) is 10.8 Å². The number of carbonyl (C=O) groups excluding carboxylic acids is 2. The summed E-state index contributed by atoms with van der Waals surface area (Å²) in [4.78, 5) is 25.3. The fourth-order valence-corrected chi connectivity index (χ4v) is 5.30. The summed E-state index contributed by atoms with van der Waals surface area (Å²) in [5, 5.41) is 0. The Morgan fingerprint density at radius 1 is 0.800 bits per heavy atom. The summed E-state index contributed by atoms with van der Waals surface area (Å²) in [6.45, 7) is 0. The molecule has 0 aromatic heterocycles. The van der Waals surface area contributed by atoms with Crippen LogP contribution >= 0.6 is 0 Å². The second kappa shape index (κ2) is 3.74. The van der Waals surface area contributed by atoms with Gasteiger partial charge in [-0.3, -0.25) is 9.59 Å². The van der Waals surface area contributed by atoms with Crippen molar-refractivity contribution in [1.82, 2.24) is 0 Å². The number of hydrogen-bond donors (Lipinski definition) is 0. The van der Waals surface area contributed by atoms with Crippen molar-refractivity contribution in [3.05, 3.63) is 0 Å². The van der Waals surface area contributed by atoms with Crippen LogP contribution in [0.1, 0.15) is 25.7 Å². The molecule has 4 aliphatic rings. The minimum Gasteiger partial charge on any atom is -0.468 e. The lowest BCUT2D eigenvalue weighted by Crippen LogP contribution is -2.65. The largest absolute Gasteiger partial charge is 0.468 e. The minimum atomic E-state index is -1.01. The van der Waals surface area contributed by atoms with Gasteiger partial charge in [0.1, 0.15) is 10.8 Å². The molecule has 4 aliphatic heterocycles. The van der Waals surface area contributed by atoms with E-state index in [9.17, 15) is 9.59 Å². The highest BCUT2D eigenvalue weighted by molar-refractivity contribution is 5.93. The molecule has 0 amide bonds. The quantitative estimate of drug-likeness (QED) is 0.684. The van der Waals surface area contributed by atoms with Gasteiger partial charge in [-0.2, -0.15) is 0 Å². The van der Waals surface area contributed by atoms with Crippen molar-refractivity contribution in [1.29, 1.82) is 0 Å². The second-order valence-electron chi connectivity index (χ2n) is 6.10. The number of rotatable bonds is 2. The van der Waals surface area contributed by atoms with Gasteiger partial charge in [0.2, 0.25) is 0 Å². The standard InChI is InChI=1S/C14H18O6/c1-17-11(15)13-7-3-5-9(19-7)14(13,12(16)18-2)10-6-4-8(13)20-10/h7-10H,3-6H2,1-2H3. The molecule has 4 atom stereocenters. The van der Waals surface area contributed by atoms with E-state index >= 15 is 0 Å². The number of methoxy groups -OCH3 is 2. The van der Waals surface area contributed by atoms with E-state index in [1.54, 1.807) is 0 Å². The molecule has 0 N–H and O–H groups in total. The lowest BCUT2D eigenvalue weighted by atomic mass is 9.50. The van der Waals surface area contributed by atoms with Crippen LogP contribution in [0.15, 0.2) is 0 Å². The topological polar surface area (TPSA) is 71.1 Å². The van der Waals surface area contributed by atoms with Crippen molar-refractivity contribution in [3.63, 3.8) is 0 Å². The Bertz CT molecular complexity index is 422. The van der Waals surface area contributed by atoms with Crippen LogP contribution < -0.4 is 0 Å². The summed E-state index contributed by atoms with van der Waals surface area (Å²) in [6, 6.07) is 0. The molecule has 110 valence electrons. The van der Waals surface area contributed by atoms with Crippen molar-refractivity contribution >= 4 is 11.9 Å². The van der Waals surface area contributed by atoms with Crippen molar-refractivity contribution in [3.8, 4) is 0 Å². The number of hydrogen-bond acceptors (Lipinski definition) is 6. The van der Waals surface area contributed by atoms with Crippen molar-refractivity contribution in [2.75, 3.05) is 14.2 Å². The van der Waals surface area contributed by atoms with Gasteiger partial charge in [0.15, 0.2) is 0 Å². The first kappa shape index (κ1) is 12.6. The zero-order valence-corrected chi connectivity index (χ0v) is 11.6.